The molecule has 0 spiro atoms. The maximum Gasteiger partial charge on any atom is 0.261 e. The minimum Gasteiger partial charge on any atom is -0.372 e. The van der Waals surface area contributed by atoms with Crippen LogP contribution in [0.25, 0.3) is 0 Å². The molecule has 2 aromatic carbocycles. The fraction of sp³-hybridized carbons (Fsp3) is 0.400. The summed E-state index contributed by atoms with van der Waals surface area (Å²) in [5, 5.41) is 0. The average molecular weight is 361 g/mol. The lowest BCUT2D eigenvalue weighted by Crippen LogP contribution is -2.22. The van der Waals surface area contributed by atoms with Gasteiger partial charge in [-0.25, -0.2) is 8.42 Å². The van der Waals surface area contributed by atoms with Crippen LogP contribution in [0.15, 0.2) is 47.4 Å². The van der Waals surface area contributed by atoms with Crippen molar-refractivity contribution in [3.8, 4) is 0 Å². The van der Waals surface area contributed by atoms with Crippen molar-refractivity contribution < 1.29 is 8.42 Å². The van der Waals surface area contributed by atoms with E-state index >= 15 is 0 Å². The highest BCUT2D eigenvalue weighted by Crippen LogP contribution is 2.25. The normalized spacial score (nSPS) is 11.6. The highest BCUT2D eigenvalue weighted by Gasteiger charge is 2.16. The molecule has 0 aliphatic carbocycles. The predicted molar refractivity (Wildman–Crippen MR) is 106 cm³/mol. The second kappa shape index (κ2) is 7.91. The molecule has 0 aliphatic heterocycles. The van der Waals surface area contributed by atoms with Gasteiger partial charge in [-0.2, -0.15) is 0 Å². The van der Waals surface area contributed by atoms with Crippen molar-refractivity contribution in [2.75, 3.05) is 22.7 Å². The van der Waals surface area contributed by atoms with Crippen LogP contribution < -0.4 is 9.62 Å². The molecule has 0 fully saturated rings. The smallest absolute Gasteiger partial charge is 0.261 e. The van der Waals surface area contributed by atoms with Gasteiger partial charge in [0.05, 0.1) is 10.6 Å². The van der Waals surface area contributed by atoms with E-state index in [1.165, 1.54) is 0 Å². The van der Waals surface area contributed by atoms with Crippen molar-refractivity contribution in [3.63, 3.8) is 0 Å². The average Bonchev–Trinajstić information content (AvgIpc) is 2.58. The molecule has 0 atom stereocenters. The number of sulfonamides is 1. The van der Waals surface area contributed by atoms with Gasteiger partial charge in [0.2, 0.25) is 0 Å². The molecular formula is C20H28N2O2S. The molecule has 0 saturated carbocycles. The summed E-state index contributed by atoms with van der Waals surface area (Å²) in [6.07, 6.45) is 0. The molecule has 4 nitrogen and oxygen atoms in total. The van der Waals surface area contributed by atoms with Crippen molar-refractivity contribution in [1.29, 1.82) is 0 Å². The molecule has 5 heteroatoms. The van der Waals surface area contributed by atoms with Gasteiger partial charge in [-0.05, 0) is 68.1 Å². The van der Waals surface area contributed by atoms with Crippen molar-refractivity contribution in [2.45, 2.75) is 45.4 Å². The maximum absolute atomic E-state index is 12.6. The van der Waals surface area contributed by atoms with E-state index in [9.17, 15) is 8.42 Å². The summed E-state index contributed by atoms with van der Waals surface area (Å²) < 4.78 is 28.0. The molecule has 1 N–H and O–H groups in total. The van der Waals surface area contributed by atoms with E-state index in [2.05, 4.69) is 37.3 Å². The van der Waals surface area contributed by atoms with Gasteiger partial charge in [0, 0.05) is 18.8 Å². The first-order chi connectivity index (χ1) is 11.8. The molecule has 0 bridgehead atoms. The molecular weight excluding hydrogens is 332 g/mol. The van der Waals surface area contributed by atoms with Gasteiger partial charge in [-0.3, -0.25) is 4.72 Å². The van der Waals surface area contributed by atoms with Crippen LogP contribution >= 0.6 is 0 Å². The monoisotopic (exact) mass is 360 g/mol. The molecule has 136 valence electrons. The molecule has 25 heavy (non-hydrogen) atoms. The maximum atomic E-state index is 12.6. The standard InChI is InChI=1S/C20H28N2O2S/c1-6-22(7-2)18-10-13-20(16(5)14-18)21-25(23,24)19-11-8-17(9-12-19)15(3)4/h8-15,21H,6-7H2,1-5H3. The topological polar surface area (TPSA) is 49.4 Å². The molecule has 0 aliphatic rings. The fourth-order valence-corrected chi connectivity index (χ4v) is 3.91. The largest absolute Gasteiger partial charge is 0.372 e. The van der Waals surface area contributed by atoms with Gasteiger partial charge in [-0.1, -0.05) is 26.0 Å². The van der Waals surface area contributed by atoms with E-state index in [4.69, 9.17) is 0 Å². The number of benzene rings is 2. The minimum atomic E-state index is -3.59. The first-order valence-corrected chi connectivity index (χ1v) is 10.2. The summed E-state index contributed by atoms with van der Waals surface area (Å²) in [5.41, 5.74) is 3.75. The Labute approximate surface area is 151 Å². The number of nitrogens with one attached hydrogen (secondary N) is 1. The summed E-state index contributed by atoms with van der Waals surface area (Å²) in [4.78, 5) is 2.51. The first kappa shape index (κ1) is 19.3. The lowest BCUT2D eigenvalue weighted by molar-refractivity contribution is 0.601. The van der Waals surface area contributed by atoms with Gasteiger partial charge >= 0.3 is 0 Å². The van der Waals surface area contributed by atoms with E-state index < -0.39 is 10.0 Å². The Balaban J connectivity index is 2.25. The van der Waals surface area contributed by atoms with Gasteiger partial charge in [-0.15, -0.1) is 0 Å². The number of hydrogen-bond donors (Lipinski definition) is 1. The summed E-state index contributed by atoms with van der Waals surface area (Å²) in [5.74, 6) is 0.375. The van der Waals surface area contributed by atoms with E-state index in [0.717, 1.165) is 29.9 Å². The zero-order chi connectivity index (χ0) is 18.6. The number of rotatable bonds is 7. The van der Waals surface area contributed by atoms with Crippen LogP contribution in [0.1, 0.15) is 44.7 Å². The Morgan fingerprint density at radius 1 is 1.00 bits per heavy atom. The third-order valence-electron chi connectivity index (χ3n) is 4.44. The highest BCUT2D eigenvalue weighted by atomic mass is 32.2. The highest BCUT2D eigenvalue weighted by molar-refractivity contribution is 7.92. The number of aryl methyl sites for hydroxylation is 1. The third-order valence-corrected chi connectivity index (χ3v) is 5.82. The molecule has 0 amide bonds. The van der Waals surface area contributed by atoms with Gasteiger partial charge in [0.1, 0.15) is 0 Å². The van der Waals surface area contributed by atoms with Crippen molar-refractivity contribution in [3.05, 3.63) is 53.6 Å². The lowest BCUT2D eigenvalue weighted by atomic mass is 10.0. The second-order valence-electron chi connectivity index (χ2n) is 6.50. The Hall–Kier alpha value is -2.01. The number of hydrogen-bond acceptors (Lipinski definition) is 3. The second-order valence-corrected chi connectivity index (χ2v) is 8.18. The minimum absolute atomic E-state index is 0.282. The molecule has 0 radical (unpaired) electrons. The molecule has 0 aromatic heterocycles. The Morgan fingerprint density at radius 3 is 2.08 bits per heavy atom. The molecule has 2 rings (SSSR count). The van der Waals surface area contributed by atoms with Crippen LogP contribution in [0.3, 0.4) is 0 Å². The van der Waals surface area contributed by atoms with Crippen molar-refractivity contribution in [2.24, 2.45) is 0 Å². The third kappa shape index (κ3) is 4.54. The SMILES string of the molecule is CCN(CC)c1ccc(NS(=O)(=O)c2ccc(C(C)C)cc2)c(C)c1. The lowest BCUT2D eigenvalue weighted by Gasteiger charge is -2.22. The Morgan fingerprint density at radius 2 is 1.60 bits per heavy atom. The Bertz CT molecular complexity index is 808. The zero-order valence-corrected chi connectivity index (χ0v) is 16.5. The Kier molecular flexibility index (Phi) is 6.11. The zero-order valence-electron chi connectivity index (χ0n) is 15.7. The van der Waals surface area contributed by atoms with E-state index in [-0.39, 0.29) is 4.90 Å². The predicted octanol–water partition coefficient (Wildman–Crippen LogP) is 4.77. The summed E-state index contributed by atoms with van der Waals surface area (Å²) >= 11 is 0. The van der Waals surface area contributed by atoms with Crippen LogP contribution in [0.2, 0.25) is 0 Å². The molecule has 0 saturated heterocycles. The van der Waals surface area contributed by atoms with Crippen LogP contribution in [0.4, 0.5) is 11.4 Å². The van der Waals surface area contributed by atoms with Gasteiger partial charge < -0.3 is 4.90 Å². The summed E-state index contributed by atoms with van der Waals surface area (Å²) in [6.45, 7) is 12.1. The van der Waals surface area contributed by atoms with Crippen LogP contribution in [-0.4, -0.2) is 21.5 Å². The summed E-state index contributed by atoms with van der Waals surface area (Å²) in [7, 11) is -3.59. The number of anilines is 2. The fourth-order valence-electron chi connectivity index (χ4n) is 2.78. The molecule has 0 heterocycles. The van der Waals surface area contributed by atoms with Crippen molar-refractivity contribution >= 4 is 21.4 Å². The van der Waals surface area contributed by atoms with E-state index in [0.29, 0.717) is 11.6 Å². The van der Waals surface area contributed by atoms with Crippen LogP contribution in [-0.2, 0) is 10.0 Å². The van der Waals surface area contributed by atoms with Crippen molar-refractivity contribution in [1.82, 2.24) is 0 Å². The van der Waals surface area contributed by atoms with Gasteiger partial charge in [0.25, 0.3) is 10.0 Å². The number of nitrogens with zero attached hydrogens (tertiary/aromatic N) is 1. The first-order valence-electron chi connectivity index (χ1n) is 8.76. The quantitative estimate of drug-likeness (QED) is 0.774. The van der Waals surface area contributed by atoms with Crippen LogP contribution in [0, 0.1) is 6.92 Å². The van der Waals surface area contributed by atoms with E-state index in [1.54, 1.807) is 12.1 Å². The molecule has 2 aromatic rings. The van der Waals surface area contributed by atoms with Gasteiger partial charge in [0.15, 0.2) is 0 Å². The summed E-state index contributed by atoms with van der Waals surface area (Å²) in [6, 6.07) is 12.9. The van der Waals surface area contributed by atoms with Crippen LogP contribution in [0.5, 0.6) is 0 Å². The van der Waals surface area contributed by atoms with E-state index in [1.807, 2.05) is 37.3 Å². The molecule has 0 unspecified atom stereocenters.